The monoisotopic (exact) mass is 294 g/mol. The lowest BCUT2D eigenvalue weighted by Gasteiger charge is -2.45. The molecule has 2 aliphatic heterocycles. The number of hydrogen-bond donors (Lipinski definition) is 0. The predicted octanol–water partition coefficient (Wildman–Crippen LogP) is 2.37. The zero-order chi connectivity index (χ0) is 14.8. The Bertz CT molecular complexity index is 309. The van der Waals surface area contributed by atoms with Crippen LogP contribution in [-0.4, -0.2) is 67.5 Å². The van der Waals surface area contributed by atoms with E-state index in [0.29, 0.717) is 24.5 Å². The van der Waals surface area contributed by atoms with Crippen molar-refractivity contribution < 1.29 is 17.9 Å². The summed E-state index contributed by atoms with van der Waals surface area (Å²) in [5, 5.41) is 0. The molecule has 2 fully saturated rings. The molecule has 3 nitrogen and oxygen atoms in total. The van der Waals surface area contributed by atoms with Crippen LogP contribution in [0.5, 0.6) is 0 Å². The Morgan fingerprint density at radius 2 is 2.00 bits per heavy atom. The van der Waals surface area contributed by atoms with Gasteiger partial charge in [-0.1, -0.05) is 13.8 Å². The van der Waals surface area contributed by atoms with Crippen LogP contribution in [0.15, 0.2) is 0 Å². The number of halogens is 3. The lowest BCUT2D eigenvalue weighted by Crippen LogP contribution is -2.58. The second kappa shape index (κ2) is 6.62. The normalized spacial score (nSPS) is 29.1. The van der Waals surface area contributed by atoms with Gasteiger partial charge in [-0.15, -0.1) is 0 Å². The number of alkyl halides is 3. The standard InChI is InChI=1S/C14H25F3N2O/c1-11(2)13-9-18-5-3-4-12(18)8-19(13)6-7-20-10-14(15,16)17/h11-13H,3-10H2,1-2H3. The summed E-state index contributed by atoms with van der Waals surface area (Å²) in [6.07, 6.45) is -1.76. The lowest BCUT2D eigenvalue weighted by molar-refractivity contribution is -0.175. The van der Waals surface area contributed by atoms with Gasteiger partial charge in [0.25, 0.3) is 0 Å². The zero-order valence-corrected chi connectivity index (χ0v) is 12.3. The molecule has 0 bridgehead atoms. The van der Waals surface area contributed by atoms with E-state index in [-0.39, 0.29) is 6.61 Å². The van der Waals surface area contributed by atoms with E-state index < -0.39 is 12.8 Å². The molecule has 118 valence electrons. The van der Waals surface area contributed by atoms with Crippen LogP contribution >= 0.6 is 0 Å². The lowest BCUT2D eigenvalue weighted by atomic mass is 9.97. The molecule has 2 atom stereocenters. The third kappa shape index (κ3) is 4.33. The molecule has 0 aromatic carbocycles. The van der Waals surface area contributed by atoms with E-state index in [2.05, 4.69) is 23.6 Å². The Labute approximate surface area is 119 Å². The van der Waals surface area contributed by atoms with Crippen molar-refractivity contribution in [2.45, 2.75) is 44.9 Å². The summed E-state index contributed by atoms with van der Waals surface area (Å²) < 4.78 is 40.9. The topological polar surface area (TPSA) is 15.7 Å². The molecule has 2 saturated heterocycles. The molecule has 2 aliphatic rings. The third-order valence-electron chi connectivity index (χ3n) is 4.39. The minimum Gasteiger partial charge on any atom is -0.371 e. The van der Waals surface area contributed by atoms with Gasteiger partial charge in [0.2, 0.25) is 0 Å². The Morgan fingerprint density at radius 1 is 1.25 bits per heavy atom. The molecule has 0 spiro atoms. The van der Waals surface area contributed by atoms with Crippen LogP contribution in [0.4, 0.5) is 13.2 Å². The van der Waals surface area contributed by atoms with E-state index in [1.165, 1.54) is 19.4 Å². The van der Waals surface area contributed by atoms with Crippen LogP contribution < -0.4 is 0 Å². The highest BCUT2D eigenvalue weighted by Gasteiger charge is 2.37. The molecule has 0 N–H and O–H groups in total. The van der Waals surface area contributed by atoms with Crippen LogP contribution in [0.1, 0.15) is 26.7 Å². The van der Waals surface area contributed by atoms with Gasteiger partial charge in [0.05, 0.1) is 6.61 Å². The van der Waals surface area contributed by atoms with E-state index in [1.54, 1.807) is 0 Å². The maximum atomic E-state index is 12.1. The van der Waals surface area contributed by atoms with Crippen LogP contribution in [0, 0.1) is 5.92 Å². The molecule has 0 radical (unpaired) electrons. The van der Waals surface area contributed by atoms with Crippen LogP contribution in [0.3, 0.4) is 0 Å². The second-order valence-corrected chi connectivity index (χ2v) is 6.27. The summed E-state index contributed by atoms with van der Waals surface area (Å²) in [6, 6.07) is 1.02. The van der Waals surface area contributed by atoms with Gasteiger partial charge < -0.3 is 4.74 Å². The van der Waals surface area contributed by atoms with Gasteiger partial charge in [0.15, 0.2) is 0 Å². The third-order valence-corrected chi connectivity index (χ3v) is 4.39. The first-order valence-electron chi connectivity index (χ1n) is 7.49. The summed E-state index contributed by atoms with van der Waals surface area (Å²) in [4.78, 5) is 4.87. The molecule has 0 aliphatic carbocycles. The molecule has 2 rings (SSSR count). The maximum absolute atomic E-state index is 12.1. The fourth-order valence-electron chi connectivity index (χ4n) is 3.36. The number of ether oxygens (including phenoxy) is 1. The van der Waals surface area contributed by atoms with Crippen molar-refractivity contribution in [2.75, 3.05) is 39.4 Å². The summed E-state index contributed by atoms with van der Waals surface area (Å²) in [5.41, 5.74) is 0. The average molecular weight is 294 g/mol. The van der Waals surface area contributed by atoms with Gasteiger partial charge in [-0.05, 0) is 25.3 Å². The fraction of sp³-hybridized carbons (Fsp3) is 1.00. The van der Waals surface area contributed by atoms with Crippen molar-refractivity contribution in [1.29, 1.82) is 0 Å². The SMILES string of the molecule is CC(C)C1CN2CCCC2CN1CCOCC(F)(F)F. The summed E-state index contributed by atoms with van der Waals surface area (Å²) >= 11 is 0. The molecule has 0 saturated carbocycles. The molecule has 2 heterocycles. The molecule has 2 unspecified atom stereocenters. The summed E-state index contributed by atoms with van der Waals surface area (Å²) in [7, 11) is 0. The first kappa shape index (κ1) is 16.0. The first-order chi connectivity index (χ1) is 9.37. The summed E-state index contributed by atoms with van der Waals surface area (Å²) in [5.74, 6) is 0.513. The Morgan fingerprint density at radius 3 is 2.65 bits per heavy atom. The van der Waals surface area contributed by atoms with Crippen LogP contribution in [-0.2, 0) is 4.74 Å². The summed E-state index contributed by atoms with van der Waals surface area (Å²) in [6.45, 7) is 7.18. The Kier molecular flexibility index (Phi) is 5.31. The minimum absolute atomic E-state index is 0.162. The number of fused-ring (bicyclic) bond motifs is 1. The van der Waals surface area contributed by atoms with Gasteiger partial charge in [-0.2, -0.15) is 13.2 Å². The molecule has 0 amide bonds. The van der Waals surface area contributed by atoms with Gasteiger partial charge >= 0.3 is 6.18 Å². The number of hydrogen-bond acceptors (Lipinski definition) is 3. The highest BCUT2D eigenvalue weighted by Crippen LogP contribution is 2.27. The van der Waals surface area contributed by atoms with E-state index >= 15 is 0 Å². The van der Waals surface area contributed by atoms with Gasteiger partial charge in [0, 0.05) is 31.7 Å². The highest BCUT2D eigenvalue weighted by atomic mass is 19.4. The molecule has 0 aromatic heterocycles. The van der Waals surface area contributed by atoms with E-state index in [9.17, 15) is 13.2 Å². The minimum atomic E-state index is -4.22. The molecular formula is C14H25F3N2O. The first-order valence-corrected chi connectivity index (χ1v) is 7.49. The smallest absolute Gasteiger partial charge is 0.371 e. The number of nitrogens with zero attached hydrogens (tertiary/aromatic N) is 2. The quantitative estimate of drug-likeness (QED) is 0.724. The van der Waals surface area contributed by atoms with E-state index in [0.717, 1.165) is 13.1 Å². The van der Waals surface area contributed by atoms with Crippen LogP contribution in [0.25, 0.3) is 0 Å². The molecular weight excluding hydrogens is 269 g/mol. The predicted molar refractivity (Wildman–Crippen MR) is 71.7 cm³/mol. The molecule has 20 heavy (non-hydrogen) atoms. The molecule has 6 heteroatoms. The molecule has 0 aromatic rings. The van der Waals surface area contributed by atoms with Crippen molar-refractivity contribution in [3.8, 4) is 0 Å². The second-order valence-electron chi connectivity index (χ2n) is 6.27. The van der Waals surface area contributed by atoms with E-state index in [1.807, 2.05) is 0 Å². The van der Waals surface area contributed by atoms with Crippen molar-refractivity contribution in [1.82, 2.24) is 9.80 Å². The van der Waals surface area contributed by atoms with Crippen molar-refractivity contribution in [3.63, 3.8) is 0 Å². The van der Waals surface area contributed by atoms with E-state index in [4.69, 9.17) is 4.74 Å². The number of piperazine rings is 1. The van der Waals surface area contributed by atoms with Gasteiger partial charge in [-0.25, -0.2) is 0 Å². The largest absolute Gasteiger partial charge is 0.411 e. The average Bonchev–Trinajstić information content (AvgIpc) is 2.79. The van der Waals surface area contributed by atoms with Gasteiger partial charge in [-0.3, -0.25) is 9.80 Å². The number of rotatable bonds is 5. The van der Waals surface area contributed by atoms with Crippen molar-refractivity contribution >= 4 is 0 Å². The zero-order valence-electron chi connectivity index (χ0n) is 12.3. The van der Waals surface area contributed by atoms with Crippen molar-refractivity contribution in [2.24, 2.45) is 5.92 Å². The fourth-order valence-corrected chi connectivity index (χ4v) is 3.36. The maximum Gasteiger partial charge on any atom is 0.411 e. The Balaban J connectivity index is 1.81. The Hall–Kier alpha value is -0.330. The van der Waals surface area contributed by atoms with Crippen LogP contribution in [0.2, 0.25) is 0 Å². The highest BCUT2D eigenvalue weighted by molar-refractivity contribution is 4.93. The van der Waals surface area contributed by atoms with Crippen molar-refractivity contribution in [3.05, 3.63) is 0 Å². The van der Waals surface area contributed by atoms with Gasteiger partial charge in [0.1, 0.15) is 6.61 Å².